The molecular formula is C13H20FNO2S2. The second-order valence-electron chi connectivity index (χ2n) is 4.69. The van der Waals surface area contributed by atoms with Gasteiger partial charge in [0.25, 0.3) is 0 Å². The van der Waals surface area contributed by atoms with E-state index in [0.717, 1.165) is 5.75 Å². The van der Waals surface area contributed by atoms with Crippen LogP contribution in [0.1, 0.15) is 18.1 Å². The van der Waals surface area contributed by atoms with Gasteiger partial charge in [0.15, 0.2) is 0 Å². The van der Waals surface area contributed by atoms with Crippen molar-refractivity contribution in [2.45, 2.75) is 31.7 Å². The number of aryl methyl sites for hydroxylation is 2. The van der Waals surface area contributed by atoms with Crippen molar-refractivity contribution in [2.75, 3.05) is 19.1 Å². The SMILES string of the molecule is CSCC(C)N(C)S(=O)(=O)c1c(C)cc(F)cc1C. The van der Waals surface area contributed by atoms with Crippen molar-refractivity contribution in [2.24, 2.45) is 0 Å². The molecule has 1 aromatic rings. The number of rotatable bonds is 5. The summed E-state index contributed by atoms with van der Waals surface area (Å²) in [6.45, 7) is 5.11. The molecule has 0 heterocycles. The molecule has 0 saturated heterocycles. The van der Waals surface area contributed by atoms with E-state index in [1.54, 1.807) is 32.7 Å². The Morgan fingerprint density at radius 1 is 1.32 bits per heavy atom. The summed E-state index contributed by atoms with van der Waals surface area (Å²) in [5.74, 6) is 0.309. The summed E-state index contributed by atoms with van der Waals surface area (Å²) in [7, 11) is -2.02. The second-order valence-corrected chi connectivity index (χ2v) is 7.54. The van der Waals surface area contributed by atoms with Crippen LogP contribution in [0.3, 0.4) is 0 Å². The van der Waals surface area contributed by atoms with Crippen molar-refractivity contribution in [3.05, 3.63) is 29.1 Å². The zero-order valence-corrected chi connectivity index (χ0v) is 13.5. The van der Waals surface area contributed by atoms with Crippen LogP contribution in [0.25, 0.3) is 0 Å². The fourth-order valence-corrected chi connectivity index (χ4v) is 4.60. The van der Waals surface area contributed by atoms with Crippen molar-refractivity contribution in [3.63, 3.8) is 0 Å². The Morgan fingerprint density at radius 3 is 2.21 bits per heavy atom. The molecule has 0 aromatic heterocycles. The molecule has 1 aromatic carbocycles. The van der Waals surface area contributed by atoms with Gasteiger partial charge in [-0.2, -0.15) is 16.1 Å². The molecule has 0 aliphatic carbocycles. The van der Waals surface area contributed by atoms with Crippen molar-refractivity contribution in [1.82, 2.24) is 4.31 Å². The van der Waals surface area contributed by atoms with E-state index in [-0.39, 0.29) is 10.9 Å². The van der Waals surface area contributed by atoms with Crippen molar-refractivity contribution in [3.8, 4) is 0 Å². The Bertz CT molecular complexity index is 535. The first kappa shape index (κ1) is 16.5. The minimum absolute atomic E-state index is 0.108. The molecular weight excluding hydrogens is 285 g/mol. The van der Waals surface area contributed by atoms with Gasteiger partial charge in [-0.3, -0.25) is 0 Å². The van der Waals surface area contributed by atoms with Gasteiger partial charge in [-0.1, -0.05) is 0 Å². The molecule has 0 bridgehead atoms. The monoisotopic (exact) mass is 305 g/mol. The maximum Gasteiger partial charge on any atom is 0.243 e. The first-order valence-corrected chi connectivity index (χ1v) is 8.79. The summed E-state index contributed by atoms with van der Waals surface area (Å²) >= 11 is 1.59. The lowest BCUT2D eigenvalue weighted by molar-refractivity contribution is 0.414. The quantitative estimate of drug-likeness (QED) is 0.839. The van der Waals surface area contributed by atoms with Crippen LogP contribution in [-0.2, 0) is 10.0 Å². The highest BCUT2D eigenvalue weighted by molar-refractivity contribution is 7.98. The third-order valence-corrected chi connectivity index (χ3v) is 6.18. The second kappa shape index (κ2) is 6.24. The van der Waals surface area contributed by atoms with Crippen LogP contribution in [0.4, 0.5) is 4.39 Å². The van der Waals surface area contributed by atoms with E-state index < -0.39 is 15.8 Å². The van der Waals surface area contributed by atoms with Gasteiger partial charge in [-0.15, -0.1) is 0 Å². The Morgan fingerprint density at radius 2 is 1.79 bits per heavy atom. The van der Waals surface area contributed by atoms with Gasteiger partial charge in [0, 0.05) is 18.8 Å². The first-order valence-electron chi connectivity index (χ1n) is 5.95. The number of benzene rings is 1. The number of halogens is 1. The van der Waals surface area contributed by atoms with E-state index in [2.05, 4.69) is 0 Å². The topological polar surface area (TPSA) is 37.4 Å². The summed E-state index contributed by atoms with van der Waals surface area (Å²) in [5.41, 5.74) is 0.890. The summed E-state index contributed by atoms with van der Waals surface area (Å²) in [5, 5.41) is 0. The molecule has 1 atom stereocenters. The molecule has 108 valence electrons. The normalized spacial score (nSPS) is 13.8. The standard InChI is InChI=1S/C13H20FNO2S2/c1-9-6-12(14)7-10(2)13(9)19(16,17)15(4)11(3)8-18-5/h6-7,11H,8H2,1-5H3. The molecule has 0 saturated carbocycles. The Balaban J connectivity index is 3.28. The lowest BCUT2D eigenvalue weighted by Gasteiger charge is -2.25. The zero-order valence-electron chi connectivity index (χ0n) is 11.9. The number of sulfonamides is 1. The van der Waals surface area contributed by atoms with Crippen LogP contribution in [0.5, 0.6) is 0 Å². The van der Waals surface area contributed by atoms with Crippen LogP contribution in [0, 0.1) is 19.7 Å². The van der Waals surface area contributed by atoms with Crippen LogP contribution in [0.15, 0.2) is 17.0 Å². The van der Waals surface area contributed by atoms with Gasteiger partial charge in [-0.25, -0.2) is 12.8 Å². The molecule has 0 spiro atoms. The molecule has 19 heavy (non-hydrogen) atoms. The summed E-state index contributed by atoms with van der Waals surface area (Å²) in [6, 6.07) is 2.41. The molecule has 1 rings (SSSR count). The fourth-order valence-electron chi connectivity index (χ4n) is 2.03. The van der Waals surface area contributed by atoms with Gasteiger partial charge in [0.05, 0.1) is 4.90 Å². The zero-order chi connectivity index (χ0) is 14.8. The smallest absolute Gasteiger partial charge is 0.207 e. The van der Waals surface area contributed by atoms with Crippen molar-refractivity contribution in [1.29, 1.82) is 0 Å². The molecule has 6 heteroatoms. The van der Waals surface area contributed by atoms with Gasteiger partial charge in [-0.05, 0) is 50.3 Å². The number of hydrogen-bond acceptors (Lipinski definition) is 3. The average Bonchev–Trinajstić information content (AvgIpc) is 2.26. The summed E-state index contributed by atoms with van der Waals surface area (Å²) in [6.07, 6.45) is 1.94. The van der Waals surface area contributed by atoms with E-state index in [0.29, 0.717) is 11.1 Å². The summed E-state index contributed by atoms with van der Waals surface area (Å²) < 4.78 is 39.8. The largest absolute Gasteiger partial charge is 0.243 e. The van der Waals surface area contributed by atoms with E-state index in [1.165, 1.54) is 16.4 Å². The number of thioether (sulfide) groups is 1. The Kier molecular flexibility index (Phi) is 5.41. The van der Waals surface area contributed by atoms with E-state index in [9.17, 15) is 12.8 Å². The molecule has 0 fully saturated rings. The molecule has 0 radical (unpaired) electrons. The fraction of sp³-hybridized carbons (Fsp3) is 0.538. The minimum atomic E-state index is -3.59. The highest BCUT2D eigenvalue weighted by Crippen LogP contribution is 2.25. The molecule has 0 aliphatic rings. The van der Waals surface area contributed by atoms with Crippen molar-refractivity contribution < 1.29 is 12.8 Å². The van der Waals surface area contributed by atoms with Gasteiger partial charge < -0.3 is 0 Å². The highest BCUT2D eigenvalue weighted by atomic mass is 32.2. The predicted molar refractivity (Wildman–Crippen MR) is 78.7 cm³/mol. The van der Waals surface area contributed by atoms with Gasteiger partial charge >= 0.3 is 0 Å². The van der Waals surface area contributed by atoms with Gasteiger partial charge in [0.1, 0.15) is 5.82 Å². The number of nitrogens with zero attached hydrogens (tertiary/aromatic N) is 1. The molecule has 0 N–H and O–H groups in total. The maximum atomic E-state index is 13.3. The van der Waals surface area contributed by atoms with Crippen LogP contribution in [-0.4, -0.2) is 37.8 Å². The summed E-state index contributed by atoms with van der Waals surface area (Å²) in [4.78, 5) is 0.212. The third-order valence-electron chi connectivity index (χ3n) is 3.09. The number of hydrogen-bond donors (Lipinski definition) is 0. The third kappa shape index (κ3) is 3.49. The van der Waals surface area contributed by atoms with Crippen LogP contribution < -0.4 is 0 Å². The Labute approximate surface area is 119 Å². The average molecular weight is 305 g/mol. The van der Waals surface area contributed by atoms with E-state index in [4.69, 9.17) is 0 Å². The first-order chi connectivity index (χ1) is 8.71. The van der Waals surface area contributed by atoms with Crippen LogP contribution >= 0.6 is 11.8 Å². The highest BCUT2D eigenvalue weighted by Gasteiger charge is 2.28. The molecule has 0 aliphatic heterocycles. The lowest BCUT2D eigenvalue weighted by Crippen LogP contribution is -2.37. The lowest BCUT2D eigenvalue weighted by atomic mass is 10.1. The van der Waals surface area contributed by atoms with Crippen LogP contribution in [0.2, 0.25) is 0 Å². The van der Waals surface area contributed by atoms with E-state index >= 15 is 0 Å². The Hall–Kier alpha value is -0.590. The minimum Gasteiger partial charge on any atom is -0.207 e. The van der Waals surface area contributed by atoms with Gasteiger partial charge in [0.2, 0.25) is 10.0 Å². The molecule has 0 amide bonds. The van der Waals surface area contributed by atoms with Crippen molar-refractivity contribution >= 4 is 21.8 Å². The molecule has 3 nitrogen and oxygen atoms in total. The predicted octanol–water partition coefficient (Wildman–Crippen LogP) is 2.81. The maximum absolute atomic E-state index is 13.3. The van der Waals surface area contributed by atoms with E-state index in [1.807, 2.05) is 13.2 Å². The molecule has 1 unspecified atom stereocenters.